The summed E-state index contributed by atoms with van der Waals surface area (Å²) in [6.07, 6.45) is 3.22. The molecule has 5 heteroatoms. The molecule has 118 valence electrons. The molecule has 1 heterocycles. The fourth-order valence-electron chi connectivity index (χ4n) is 2.82. The third-order valence-electron chi connectivity index (χ3n) is 3.97. The first kappa shape index (κ1) is 17.8. The second-order valence-electron chi connectivity index (χ2n) is 5.48. The van der Waals surface area contributed by atoms with Crippen LogP contribution in [0.15, 0.2) is 18.2 Å². The number of para-hydroxylation sites is 1. The lowest BCUT2D eigenvalue weighted by Gasteiger charge is -2.35. The van der Waals surface area contributed by atoms with Gasteiger partial charge in [-0.15, -0.1) is 12.4 Å². The van der Waals surface area contributed by atoms with E-state index < -0.39 is 0 Å². The van der Waals surface area contributed by atoms with Crippen LogP contribution in [0.5, 0.6) is 5.75 Å². The number of aryl methyl sites for hydroxylation is 2. The maximum Gasteiger partial charge on any atom is 0.260 e. The Hall–Kier alpha value is -1.26. The van der Waals surface area contributed by atoms with Crippen molar-refractivity contribution in [1.29, 1.82) is 0 Å². The Bertz CT molecular complexity index is 459. The number of likely N-dealkylation sites (tertiary alicyclic amines) is 1. The number of amides is 1. The van der Waals surface area contributed by atoms with E-state index in [1.54, 1.807) is 0 Å². The summed E-state index contributed by atoms with van der Waals surface area (Å²) in [7, 11) is 0. The normalized spacial score (nSPS) is 18.0. The summed E-state index contributed by atoms with van der Waals surface area (Å²) < 4.78 is 5.74. The largest absolute Gasteiger partial charge is 0.483 e. The molecule has 1 fully saturated rings. The number of carbonyl (C=O) groups is 1. The fourth-order valence-corrected chi connectivity index (χ4v) is 2.82. The smallest absolute Gasteiger partial charge is 0.260 e. The van der Waals surface area contributed by atoms with Crippen molar-refractivity contribution in [2.45, 2.75) is 39.2 Å². The van der Waals surface area contributed by atoms with Crippen molar-refractivity contribution in [2.75, 3.05) is 19.7 Å². The number of nitrogens with two attached hydrogens (primary N) is 1. The highest BCUT2D eigenvalue weighted by Crippen LogP contribution is 2.23. The standard InChI is InChI=1S/C16H24N2O2.ClH/c1-12-6-5-7-13(2)16(12)20-11-15(19)18-9-4-3-8-14(18)10-17;/h5-7,14H,3-4,8-11,17H2,1-2H3;1H. The van der Waals surface area contributed by atoms with Crippen molar-refractivity contribution in [3.63, 3.8) is 0 Å². The van der Waals surface area contributed by atoms with Crippen molar-refractivity contribution < 1.29 is 9.53 Å². The lowest BCUT2D eigenvalue weighted by molar-refractivity contribution is -0.136. The summed E-state index contributed by atoms with van der Waals surface area (Å²) in [5.74, 6) is 0.866. The molecule has 1 atom stereocenters. The molecule has 0 bridgehead atoms. The van der Waals surface area contributed by atoms with Crippen molar-refractivity contribution in [2.24, 2.45) is 5.73 Å². The van der Waals surface area contributed by atoms with Crippen LogP contribution < -0.4 is 10.5 Å². The Morgan fingerprint density at radius 2 is 2.00 bits per heavy atom. The number of rotatable bonds is 4. The van der Waals surface area contributed by atoms with Crippen LogP contribution in [-0.2, 0) is 4.79 Å². The van der Waals surface area contributed by atoms with Gasteiger partial charge in [0.1, 0.15) is 5.75 Å². The molecule has 1 aliphatic heterocycles. The number of hydrogen-bond acceptors (Lipinski definition) is 3. The molecular weight excluding hydrogens is 288 g/mol. The summed E-state index contributed by atoms with van der Waals surface area (Å²) in [5.41, 5.74) is 7.88. The molecule has 1 amide bonds. The van der Waals surface area contributed by atoms with E-state index in [2.05, 4.69) is 0 Å². The lowest BCUT2D eigenvalue weighted by Crippen LogP contribution is -2.49. The Balaban J connectivity index is 0.00000220. The van der Waals surface area contributed by atoms with Gasteiger partial charge >= 0.3 is 0 Å². The van der Waals surface area contributed by atoms with Gasteiger partial charge in [0.15, 0.2) is 6.61 Å². The predicted octanol–water partition coefficient (Wildman–Crippen LogP) is 2.44. The van der Waals surface area contributed by atoms with E-state index in [4.69, 9.17) is 10.5 Å². The monoisotopic (exact) mass is 312 g/mol. The molecule has 0 aliphatic carbocycles. The van der Waals surface area contributed by atoms with Gasteiger partial charge in [-0.2, -0.15) is 0 Å². The molecular formula is C16H25ClN2O2. The van der Waals surface area contributed by atoms with E-state index in [1.807, 2.05) is 36.9 Å². The van der Waals surface area contributed by atoms with Gasteiger partial charge < -0.3 is 15.4 Å². The van der Waals surface area contributed by atoms with E-state index >= 15 is 0 Å². The number of ether oxygens (including phenoxy) is 1. The van der Waals surface area contributed by atoms with Crippen LogP contribution in [0.4, 0.5) is 0 Å². The number of benzene rings is 1. The molecule has 0 radical (unpaired) electrons. The van der Waals surface area contributed by atoms with Gasteiger partial charge in [-0.05, 0) is 44.2 Å². The second kappa shape index (κ2) is 8.25. The summed E-state index contributed by atoms with van der Waals surface area (Å²) >= 11 is 0. The maximum atomic E-state index is 12.3. The Morgan fingerprint density at radius 3 is 2.62 bits per heavy atom. The maximum absolute atomic E-state index is 12.3. The first-order valence-corrected chi connectivity index (χ1v) is 7.32. The molecule has 1 aliphatic rings. The van der Waals surface area contributed by atoms with Crippen LogP contribution in [0, 0.1) is 13.8 Å². The number of piperidine rings is 1. The van der Waals surface area contributed by atoms with Crippen molar-refractivity contribution in [3.05, 3.63) is 29.3 Å². The van der Waals surface area contributed by atoms with Gasteiger partial charge in [0.2, 0.25) is 0 Å². The summed E-state index contributed by atoms with van der Waals surface area (Å²) in [6, 6.07) is 6.17. The van der Waals surface area contributed by atoms with Crippen LogP contribution >= 0.6 is 12.4 Å². The van der Waals surface area contributed by atoms with E-state index in [9.17, 15) is 4.79 Å². The molecule has 4 nitrogen and oxygen atoms in total. The van der Waals surface area contributed by atoms with Gasteiger partial charge in [-0.3, -0.25) is 4.79 Å². The van der Waals surface area contributed by atoms with Gasteiger partial charge in [0, 0.05) is 19.1 Å². The Kier molecular flexibility index (Phi) is 6.99. The minimum absolute atomic E-state index is 0. The Morgan fingerprint density at radius 1 is 1.33 bits per heavy atom. The van der Waals surface area contributed by atoms with Crippen LogP contribution in [0.1, 0.15) is 30.4 Å². The van der Waals surface area contributed by atoms with Crippen molar-refractivity contribution in [3.8, 4) is 5.75 Å². The quantitative estimate of drug-likeness (QED) is 0.929. The topological polar surface area (TPSA) is 55.6 Å². The van der Waals surface area contributed by atoms with Crippen molar-refractivity contribution >= 4 is 18.3 Å². The number of nitrogens with zero attached hydrogens (tertiary/aromatic N) is 1. The second-order valence-corrected chi connectivity index (χ2v) is 5.48. The van der Waals surface area contributed by atoms with Crippen LogP contribution in [0.2, 0.25) is 0 Å². The highest BCUT2D eigenvalue weighted by molar-refractivity contribution is 5.85. The van der Waals surface area contributed by atoms with Crippen LogP contribution in [0.3, 0.4) is 0 Å². The molecule has 0 aromatic heterocycles. The number of halogens is 1. The average molecular weight is 313 g/mol. The summed E-state index contributed by atoms with van der Waals surface area (Å²) in [5, 5.41) is 0. The zero-order valence-electron chi connectivity index (χ0n) is 12.8. The van der Waals surface area contributed by atoms with E-state index in [0.29, 0.717) is 6.54 Å². The molecule has 0 spiro atoms. The summed E-state index contributed by atoms with van der Waals surface area (Å²) in [6.45, 7) is 5.43. The fraction of sp³-hybridized carbons (Fsp3) is 0.562. The minimum Gasteiger partial charge on any atom is -0.483 e. The van der Waals surface area contributed by atoms with Gasteiger partial charge in [-0.25, -0.2) is 0 Å². The minimum atomic E-state index is 0. The number of hydrogen-bond donors (Lipinski definition) is 1. The van der Waals surface area contributed by atoms with E-state index in [-0.39, 0.29) is 31.0 Å². The Labute approximate surface area is 133 Å². The molecule has 2 rings (SSSR count). The highest BCUT2D eigenvalue weighted by Gasteiger charge is 2.25. The molecule has 1 aromatic carbocycles. The third-order valence-corrected chi connectivity index (χ3v) is 3.97. The molecule has 1 unspecified atom stereocenters. The highest BCUT2D eigenvalue weighted by atomic mass is 35.5. The van der Waals surface area contributed by atoms with Gasteiger partial charge in [0.05, 0.1) is 0 Å². The van der Waals surface area contributed by atoms with Crippen LogP contribution in [-0.4, -0.2) is 36.5 Å². The molecule has 2 N–H and O–H groups in total. The molecule has 1 saturated heterocycles. The zero-order chi connectivity index (χ0) is 14.5. The first-order chi connectivity index (χ1) is 9.63. The molecule has 21 heavy (non-hydrogen) atoms. The SMILES string of the molecule is Cc1cccc(C)c1OCC(=O)N1CCCCC1CN.Cl. The lowest BCUT2D eigenvalue weighted by atomic mass is 10.0. The zero-order valence-corrected chi connectivity index (χ0v) is 13.6. The van der Waals surface area contributed by atoms with Gasteiger partial charge in [0.25, 0.3) is 5.91 Å². The first-order valence-electron chi connectivity index (χ1n) is 7.32. The predicted molar refractivity (Wildman–Crippen MR) is 87.1 cm³/mol. The third kappa shape index (κ3) is 4.35. The molecule has 1 aromatic rings. The van der Waals surface area contributed by atoms with Crippen molar-refractivity contribution in [1.82, 2.24) is 4.90 Å². The average Bonchev–Trinajstić information content (AvgIpc) is 2.46. The van der Waals surface area contributed by atoms with E-state index in [0.717, 1.165) is 42.7 Å². The number of carbonyl (C=O) groups excluding carboxylic acids is 1. The summed E-state index contributed by atoms with van der Waals surface area (Å²) in [4.78, 5) is 14.2. The van der Waals surface area contributed by atoms with Crippen LogP contribution in [0.25, 0.3) is 0 Å². The van der Waals surface area contributed by atoms with E-state index in [1.165, 1.54) is 0 Å². The molecule has 0 saturated carbocycles. The van der Waals surface area contributed by atoms with Gasteiger partial charge in [-0.1, -0.05) is 18.2 Å².